The highest BCUT2D eigenvalue weighted by Gasteiger charge is 2.23. The van der Waals surface area contributed by atoms with Crippen molar-refractivity contribution < 1.29 is 18.7 Å². The summed E-state index contributed by atoms with van der Waals surface area (Å²) in [4.78, 5) is 27.7. The van der Waals surface area contributed by atoms with Crippen molar-refractivity contribution >= 4 is 23.5 Å². The Balaban J connectivity index is 1.75. The number of nitrogens with one attached hydrogen (secondary N) is 1. The second kappa shape index (κ2) is 8.48. The number of ketones is 1. The lowest BCUT2D eigenvalue weighted by Gasteiger charge is -2.04. The van der Waals surface area contributed by atoms with Crippen molar-refractivity contribution in [1.29, 1.82) is 0 Å². The Morgan fingerprint density at radius 3 is 2.76 bits per heavy atom. The van der Waals surface area contributed by atoms with Crippen LogP contribution in [0.25, 0.3) is 11.4 Å². The number of esters is 1. The summed E-state index contributed by atoms with van der Waals surface area (Å²) in [6.45, 7) is 5.38. The lowest BCUT2D eigenvalue weighted by atomic mass is 10.1. The SMILES string of the molecule is CCOC(=O)c1c(C)[nH]c(C(=O)CSc2nnc(-c3cccc(F)c3)n2N)c1C. The van der Waals surface area contributed by atoms with Gasteiger partial charge in [0.2, 0.25) is 5.16 Å². The van der Waals surface area contributed by atoms with Crippen LogP contribution in [0.3, 0.4) is 0 Å². The molecular formula is C19H20FN5O3S. The Bertz CT molecular complexity index is 1080. The maximum absolute atomic E-state index is 13.4. The van der Waals surface area contributed by atoms with E-state index in [-0.39, 0.29) is 24.0 Å². The molecule has 0 unspecified atom stereocenters. The number of Topliss-reactive ketones (excluding diaryl/α,β-unsaturated/α-hetero) is 1. The number of rotatable bonds is 7. The fourth-order valence-electron chi connectivity index (χ4n) is 2.94. The standard InChI is InChI=1S/C19H20FN5O3S/c1-4-28-18(27)15-10(2)16(22-11(15)3)14(26)9-29-19-24-23-17(25(19)21)12-6-5-7-13(20)8-12/h5-8,22H,4,9,21H2,1-3H3. The summed E-state index contributed by atoms with van der Waals surface area (Å²) in [6, 6.07) is 5.83. The van der Waals surface area contributed by atoms with E-state index in [9.17, 15) is 14.0 Å². The zero-order chi connectivity index (χ0) is 21.1. The topological polar surface area (TPSA) is 116 Å². The number of aryl methyl sites for hydroxylation is 1. The van der Waals surface area contributed by atoms with Crippen molar-refractivity contribution in [2.24, 2.45) is 0 Å². The van der Waals surface area contributed by atoms with Gasteiger partial charge in [-0.2, -0.15) is 0 Å². The summed E-state index contributed by atoms with van der Waals surface area (Å²) in [7, 11) is 0. The highest BCUT2D eigenvalue weighted by atomic mass is 32.2. The molecule has 3 aromatic rings. The van der Waals surface area contributed by atoms with Crippen LogP contribution in [-0.2, 0) is 4.74 Å². The van der Waals surface area contributed by atoms with Gasteiger partial charge in [-0.15, -0.1) is 10.2 Å². The van der Waals surface area contributed by atoms with Crippen molar-refractivity contribution in [3.05, 3.63) is 52.6 Å². The van der Waals surface area contributed by atoms with Gasteiger partial charge in [-0.3, -0.25) is 4.79 Å². The number of aromatic nitrogens is 4. The Morgan fingerprint density at radius 1 is 1.31 bits per heavy atom. The molecule has 3 rings (SSSR count). The summed E-state index contributed by atoms with van der Waals surface area (Å²) in [6.07, 6.45) is 0. The fraction of sp³-hybridized carbons (Fsp3) is 0.263. The van der Waals surface area contributed by atoms with Crippen molar-refractivity contribution in [2.45, 2.75) is 25.9 Å². The molecule has 0 aliphatic carbocycles. The Morgan fingerprint density at radius 2 is 2.07 bits per heavy atom. The molecule has 152 valence electrons. The van der Waals surface area contributed by atoms with E-state index in [1.54, 1.807) is 32.9 Å². The minimum atomic E-state index is -0.466. The summed E-state index contributed by atoms with van der Waals surface area (Å²) in [5, 5.41) is 8.26. The number of carbonyl (C=O) groups excluding carboxylic acids is 2. The first-order valence-corrected chi connectivity index (χ1v) is 9.80. The van der Waals surface area contributed by atoms with Crippen molar-refractivity contribution in [1.82, 2.24) is 19.9 Å². The largest absolute Gasteiger partial charge is 0.462 e. The number of halogens is 1. The predicted octanol–water partition coefficient (Wildman–Crippen LogP) is 2.89. The van der Waals surface area contributed by atoms with Crippen molar-refractivity contribution in [3.8, 4) is 11.4 Å². The first kappa shape index (κ1) is 20.6. The molecule has 2 aromatic heterocycles. The molecule has 3 N–H and O–H groups in total. The third-order valence-electron chi connectivity index (χ3n) is 4.28. The number of ether oxygens (including phenoxy) is 1. The average molecular weight is 417 g/mol. The van der Waals surface area contributed by atoms with Gasteiger partial charge in [-0.25, -0.2) is 13.9 Å². The number of aromatic amines is 1. The zero-order valence-corrected chi connectivity index (χ0v) is 17.0. The van der Waals surface area contributed by atoms with Crippen LogP contribution in [0, 0.1) is 19.7 Å². The molecule has 1 aromatic carbocycles. The predicted molar refractivity (Wildman–Crippen MR) is 107 cm³/mol. The first-order valence-electron chi connectivity index (χ1n) is 8.82. The van der Waals surface area contributed by atoms with E-state index in [1.807, 2.05) is 0 Å². The van der Waals surface area contributed by atoms with Gasteiger partial charge in [0.15, 0.2) is 11.6 Å². The Kier molecular flexibility index (Phi) is 6.02. The molecule has 0 fully saturated rings. The van der Waals surface area contributed by atoms with E-state index in [1.165, 1.54) is 16.8 Å². The molecule has 0 saturated carbocycles. The van der Waals surface area contributed by atoms with E-state index in [2.05, 4.69) is 15.2 Å². The number of thioether (sulfide) groups is 1. The monoisotopic (exact) mass is 417 g/mol. The summed E-state index contributed by atoms with van der Waals surface area (Å²) in [5.74, 6) is 5.23. The van der Waals surface area contributed by atoms with E-state index in [0.717, 1.165) is 11.8 Å². The van der Waals surface area contributed by atoms with Gasteiger partial charge in [0.1, 0.15) is 5.82 Å². The molecule has 8 nitrogen and oxygen atoms in total. The van der Waals surface area contributed by atoms with Crippen LogP contribution in [0.1, 0.15) is 39.0 Å². The fourth-order valence-corrected chi connectivity index (χ4v) is 3.67. The zero-order valence-electron chi connectivity index (χ0n) is 16.2. The number of carbonyl (C=O) groups is 2. The van der Waals surface area contributed by atoms with Crippen LogP contribution in [0.2, 0.25) is 0 Å². The van der Waals surface area contributed by atoms with Crippen LogP contribution < -0.4 is 5.84 Å². The number of nitrogen functional groups attached to an aromatic ring is 1. The maximum atomic E-state index is 13.4. The Labute approximate surface area is 170 Å². The van der Waals surface area contributed by atoms with Gasteiger partial charge in [-0.1, -0.05) is 23.9 Å². The van der Waals surface area contributed by atoms with Crippen LogP contribution in [0.5, 0.6) is 0 Å². The van der Waals surface area contributed by atoms with Gasteiger partial charge in [0.05, 0.1) is 23.6 Å². The smallest absolute Gasteiger partial charge is 0.340 e. The van der Waals surface area contributed by atoms with Gasteiger partial charge >= 0.3 is 5.97 Å². The number of hydrogen-bond donors (Lipinski definition) is 2. The average Bonchev–Trinajstić information content (AvgIpc) is 3.19. The van der Waals surface area contributed by atoms with Crippen molar-refractivity contribution in [3.63, 3.8) is 0 Å². The minimum absolute atomic E-state index is 0.0293. The molecule has 10 heteroatoms. The number of nitrogens with zero attached hydrogens (tertiary/aromatic N) is 3. The van der Waals surface area contributed by atoms with E-state index < -0.39 is 11.8 Å². The molecule has 0 radical (unpaired) electrons. The highest BCUT2D eigenvalue weighted by Crippen LogP contribution is 2.25. The second-order valence-electron chi connectivity index (χ2n) is 6.24. The van der Waals surface area contributed by atoms with Gasteiger partial charge in [0.25, 0.3) is 0 Å². The summed E-state index contributed by atoms with van der Waals surface area (Å²) >= 11 is 1.10. The lowest BCUT2D eigenvalue weighted by molar-refractivity contribution is 0.0525. The van der Waals surface area contributed by atoms with Crippen LogP contribution in [0.4, 0.5) is 4.39 Å². The van der Waals surface area contributed by atoms with Crippen LogP contribution >= 0.6 is 11.8 Å². The normalized spacial score (nSPS) is 10.9. The first-order chi connectivity index (χ1) is 13.8. The Hall–Kier alpha value is -3.14. The minimum Gasteiger partial charge on any atom is -0.462 e. The van der Waals surface area contributed by atoms with Gasteiger partial charge in [0, 0.05) is 11.3 Å². The summed E-state index contributed by atoms with van der Waals surface area (Å²) < 4.78 is 19.7. The number of hydrogen-bond acceptors (Lipinski definition) is 7. The number of benzene rings is 1. The molecule has 0 saturated heterocycles. The molecule has 2 heterocycles. The molecule has 0 bridgehead atoms. The number of nitrogens with two attached hydrogens (primary N) is 1. The van der Waals surface area contributed by atoms with Crippen LogP contribution in [-0.4, -0.2) is 44.0 Å². The van der Waals surface area contributed by atoms with E-state index >= 15 is 0 Å². The second-order valence-corrected chi connectivity index (χ2v) is 7.19. The maximum Gasteiger partial charge on any atom is 0.340 e. The lowest BCUT2D eigenvalue weighted by Crippen LogP contribution is -2.13. The molecule has 0 aliphatic rings. The third kappa shape index (κ3) is 4.16. The summed E-state index contributed by atoms with van der Waals surface area (Å²) in [5.41, 5.74) is 2.31. The van der Waals surface area contributed by atoms with Crippen molar-refractivity contribution in [2.75, 3.05) is 18.2 Å². The molecule has 0 atom stereocenters. The van der Waals surface area contributed by atoms with E-state index in [0.29, 0.717) is 33.2 Å². The molecular weight excluding hydrogens is 397 g/mol. The quantitative estimate of drug-likeness (QED) is 0.263. The van der Waals surface area contributed by atoms with Gasteiger partial charge in [-0.05, 0) is 38.5 Å². The molecule has 0 spiro atoms. The van der Waals surface area contributed by atoms with Crippen LogP contribution in [0.15, 0.2) is 29.4 Å². The third-order valence-corrected chi connectivity index (χ3v) is 5.22. The molecule has 0 amide bonds. The highest BCUT2D eigenvalue weighted by molar-refractivity contribution is 7.99. The van der Waals surface area contributed by atoms with E-state index in [4.69, 9.17) is 10.6 Å². The molecule has 29 heavy (non-hydrogen) atoms. The van der Waals surface area contributed by atoms with Gasteiger partial charge < -0.3 is 15.6 Å². The number of H-pyrrole nitrogens is 1. The molecule has 0 aliphatic heterocycles.